The molecule has 206 valence electrons. The molecule has 3 nitrogen and oxygen atoms in total. The number of halogens is 6. The number of aliphatic hydroxyl groups excluding tert-OH is 2. The molecule has 0 radical (unpaired) electrons. The van der Waals surface area contributed by atoms with Crippen molar-refractivity contribution < 1.29 is 41.7 Å². The van der Waals surface area contributed by atoms with E-state index in [1.165, 1.54) is 5.57 Å². The molecule has 9 heteroatoms. The molecule has 6 unspecified atom stereocenters. The van der Waals surface area contributed by atoms with Crippen LogP contribution >= 0.6 is 0 Å². The molecule has 0 aromatic heterocycles. The lowest BCUT2D eigenvalue weighted by atomic mass is 9.60. The lowest BCUT2D eigenvalue weighted by Gasteiger charge is -2.44. The minimum Gasteiger partial charge on any atom is -0.393 e. The van der Waals surface area contributed by atoms with E-state index < -0.39 is 36.6 Å². The van der Waals surface area contributed by atoms with E-state index >= 15 is 0 Å². The molecule has 3 aliphatic carbocycles. The Morgan fingerprint density at radius 2 is 1.72 bits per heavy atom. The molecule has 36 heavy (non-hydrogen) atoms. The first-order chi connectivity index (χ1) is 16.5. The Kier molecular flexibility index (Phi) is 8.48. The highest BCUT2D eigenvalue weighted by atomic mass is 19.4. The van der Waals surface area contributed by atoms with Crippen LogP contribution in [0.15, 0.2) is 35.5 Å². The molecule has 6 atom stereocenters. The molecule has 3 aliphatic rings. The molecule has 0 aliphatic heterocycles. The van der Waals surface area contributed by atoms with Crippen LogP contribution in [0.2, 0.25) is 0 Å². The zero-order chi connectivity index (χ0) is 27.1. The summed E-state index contributed by atoms with van der Waals surface area (Å²) in [6.45, 7) is 8.03. The smallest absolute Gasteiger partial charge is 0.393 e. The molecule has 0 saturated heterocycles. The summed E-state index contributed by atoms with van der Waals surface area (Å²) in [6, 6.07) is 0. The molecule has 0 aromatic rings. The van der Waals surface area contributed by atoms with Gasteiger partial charge in [0, 0.05) is 6.42 Å². The maximum absolute atomic E-state index is 13.0. The first kappa shape index (κ1) is 29.2. The van der Waals surface area contributed by atoms with Gasteiger partial charge in [-0.25, -0.2) is 0 Å². The Hall–Kier alpha value is -1.32. The topological polar surface area (TPSA) is 60.7 Å². The summed E-state index contributed by atoms with van der Waals surface area (Å²) in [5, 5.41) is 29.5. The van der Waals surface area contributed by atoms with Crippen LogP contribution in [0.4, 0.5) is 26.3 Å². The third-order valence-electron chi connectivity index (χ3n) is 9.12. The van der Waals surface area contributed by atoms with Gasteiger partial charge in [-0.3, -0.25) is 0 Å². The second-order valence-electron chi connectivity index (χ2n) is 11.4. The van der Waals surface area contributed by atoms with Crippen molar-refractivity contribution in [2.45, 2.75) is 108 Å². The first-order valence-electron chi connectivity index (χ1n) is 12.8. The van der Waals surface area contributed by atoms with E-state index in [4.69, 9.17) is 0 Å². The zero-order valence-corrected chi connectivity index (χ0v) is 20.9. The van der Waals surface area contributed by atoms with Gasteiger partial charge >= 0.3 is 12.4 Å². The summed E-state index contributed by atoms with van der Waals surface area (Å²) < 4.78 is 78.1. The molecule has 0 amide bonds. The van der Waals surface area contributed by atoms with Gasteiger partial charge in [0.05, 0.1) is 12.2 Å². The van der Waals surface area contributed by atoms with Crippen molar-refractivity contribution in [2.75, 3.05) is 0 Å². The molecule has 0 bridgehead atoms. The number of alkyl halides is 6. The van der Waals surface area contributed by atoms with Gasteiger partial charge < -0.3 is 15.3 Å². The Morgan fingerprint density at radius 3 is 2.33 bits per heavy atom. The summed E-state index contributed by atoms with van der Waals surface area (Å²) in [6.07, 6.45) is -5.24. The fourth-order valence-corrected chi connectivity index (χ4v) is 7.00. The number of fused-ring (bicyclic) bond motifs is 1. The summed E-state index contributed by atoms with van der Waals surface area (Å²) in [5.41, 5.74) is -2.08. The largest absolute Gasteiger partial charge is 0.426 e. The lowest BCUT2D eigenvalue weighted by molar-refractivity contribution is -0.370. The number of hydrogen-bond donors (Lipinski definition) is 3. The van der Waals surface area contributed by atoms with Gasteiger partial charge in [-0.1, -0.05) is 44.6 Å². The number of rotatable bonds is 6. The van der Waals surface area contributed by atoms with Crippen molar-refractivity contribution in [1.82, 2.24) is 0 Å². The van der Waals surface area contributed by atoms with Crippen LogP contribution in [-0.4, -0.2) is 45.5 Å². The van der Waals surface area contributed by atoms with Gasteiger partial charge in [-0.2, -0.15) is 26.3 Å². The summed E-state index contributed by atoms with van der Waals surface area (Å²) in [5.74, 6) is 0.355. The van der Waals surface area contributed by atoms with E-state index in [0.717, 1.165) is 37.7 Å². The summed E-state index contributed by atoms with van der Waals surface area (Å²) >= 11 is 0. The van der Waals surface area contributed by atoms with Gasteiger partial charge in [0.2, 0.25) is 0 Å². The second kappa shape index (κ2) is 10.4. The van der Waals surface area contributed by atoms with Crippen molar-refractivity contribution in [1.29, 1.82) is 0 Å². The fraction of sp³-hybridized carbons (Fsp3) is 0.778. The highest BCUT2D eigenvalue weighted by Crippen LogP contribution is 2.60. The third kappa shape index (κ3) is 5.58. The Morgan fingerprint density at radius 1 is 1.08 bits per heavy atom. The quantitative estimate of drug-likeness (QED) is 0.336. The minimum atomic E-state index is -5.77. The first-order valence-corrected chi connectivity index (χ1v) is 12.8. The molecular formula is C27H38F6O3. The summed E-state index contributed by atoms with van der Waals surface area (Å²) in [4.78, 5) is 0. The molecule has 0 aromatic carbocycles. The van der Waals surface area contributed by atoms with Gasteiger partial charge in [-0.05, 0) is 85.7 Å². The number of aliphatic hydroxyl groups is 3. The second-order valence-corrected chi connectivity index (χ2v) is 11.4. The van der Waals surface area contributed by atoms with Gasteiger partial charge in [0.25, 0.3) is 5.60 Å². The predicted octanol–water partition coefficient (Wildman–Crippen LogP) is 6.79. The highest BCUT2D eigenvalue weighted by Gasteiger charge is 2.69. The van der Waals surface area contributed by atoms with Crippen LogP contribution < -0.4 is 0 Å². The molecule has 3 N–H and O–H groups in total. The van der Waals surface area contributed by atoms with E-state index in [1.54, 1.807) is 0 Å². The Bertz CT molecular complexity index is 860. The monoisotopic (exact) mass is 524 g/mol. The van der Waals surface area contributed by atoms with Crippen molar-refractivity contribution in [3.63, 3.8) is 0 Å². The Labute approximate surface area is 209 Å². The van der Waals surface area contributed by atoms with Crippen LogP contribution in [0.5, 0.6) is 0 Å². The van der Waals surface area contributed by atoms with Crippen molar-refractivity contribution in [3.8, 4) is 0 Å². The molecule has 3 saturated carbocycles. The van der Waals surface area contributed by atoms with E-state index in [-0.39, 0.29) is 42.4 Å². The lowest BCUT2D eigenvalue weighted by Crippen LogP contribution is -2.56. The predicted molar refractivity (Wildman–Crippen MR) is 125 cm³/mol. The van der Waals surface area contributed by atoms with Crippen molar-refractivity contribution in [3.05, 3.63) is 35.5 Å². The third-order valence-corrected chi connectivity index (χ3v) is 9.12. The van der Waals surface area contributed by atoms with E-state index in [2.05, 4.69) is 19.6 Å². The molecular weight excluding hydrogens is 486 g/mol. The van der Waals surface area contributed by atoms with Crippen LogP contribution in [0.3, 0.4) is 0 Å². The standard InChI is InChI=1S/C27H38F6O3/c1-16(6-4-13-25(36,26(28,29)30)27(31,32)33)21-10-11-22-18(7-5-12-24(21,22)3)8-9-19-14-20(34)15-23(35)17(19)2/h8-9,16,20-23,34-36H,2,4-7,10-15H2,1,3H3/b18-8+,19-9-. The van der Waals surface area contributed by atoms with E-state index in [0.29, 0.717) is 12.0 Å². The normalized spacial score (nSPS) is 35.4. The molecule has 3 fully saturated rings. The number of allylic oxidation sites excluding steroid dienone is 3. The van der Waals surface area contributed by atoms with Crippen LogP contribution in [0, 0.1) is 23.2 Å². The molecule has 0 heterocycles. The van der Waals surface area contributed by atoms with E-state index in [1.807, 2.05) is 13.0 Å². The maximum Gasteiger partial charge on any atom is 0.426 e. The number of hydrogen-bond acceptors (Lipinski definition) is 3. The van der Waals surface area contributed by atoms with E-state index in [9.17, 15) is 41.7 Å². The molecule has 3 rings (SSSR count). The van der Waals surface area contributed by atoms with Gasteiger partial charge in [-0.15, -0.1) is 0 Å². The minimum absolute atomic E-state index is 0.0770. The SMILES string of the molecule is C=C1/C(=C\C=C2/CCCC3(C)C2CCC3C(C)CCCC(O)(C(F)(F)F)C(F)(F)F)CC(O)CC1O. The molecule has 0 spiro atoms. The average Bonchev–Trinajstić information content (AvgIpc) is 3.11. The fourth-order valence-electron chi connectivity index (χ4n) is 7.00. The summed E-state index contributed by atoms with van der Waals surface area (Å²) in [7, 11) is 0. The highest BCUT2D eigenvalue weighted by molar-refractivity contribution is 5.38. The van der Waals surface area contributed by atoms with Crippen LogP contribution in [0.25, 0.3) is 0 Å². The van der Waals surface area contributed by atoms with Crippen molar-refractivity contribution in [2.24, 2.45) is 23.2 Å². The zero-order valence-electron chi connectivity index (χ0n) is 20.9. The van der Waals surface area contributed by atoms with Crippen LogP contribution in [-0.2, 0) is 0 Å². The average molecular weight is 525 g/mol. The van der Waals surface area contributed by atoms with Gasteiger partial charge in [0.1, 0.15) is 0 Å². The van der Waals surface area contributed by atoms with Gasteiger partial charge in [0.15, 0.2) is 0 Å². The van der Waals surface area contributed by atoms with Crippen LogP contribution in [0.1, 0.15) is 78.1 Å². The van der Waals surface area contributed by atoms with Crippen molar-refractivity contribution >= 4 is 0 Å². The maximum atomic E-state index is 13.0. The Balaban J connectivity index is 1.69.